The van der Waals surface area contributed by atoms with Gasteiger partial charge >= 0.3 is 5.97 Å². The maximum Gasteiger partial charge on any atom is 0.338 e. The van der Waals surface area contributed by atoms with Gasteiger partial charge in [-0.1, -0.05) is 6.92 Å². The Hall–Kier alpha value is -1.26. The molecule has 4 nitrogen and oxygen atoms in total. The van der Waals surface area contributed by atoms with E-state index >= 15 is 0 Å². The molecule has 0 spiro atoms. The van der Waals surface area contributed by atoms with Crippen LogP contribution >= 0.6 is 11.6 Å². The number of benzene rings is 1. The summed E-state index contributed by atoms with van der Waals surface area (Å²) in [5, 5.41) is 0. The molecular formula is C16H22ClNO3. The summed E-state index contributed by atoms with van der Waals surface area (Å²) in [7, 11) is 0. The Morgan fingerprint density at radius 2 is 2.24 bits per heavy atom. The van der Waals surface area contributed by atoms with Crippen LogP contribution in [0.4, 0.5) is 0 Å². The first-order valence-electron chi connectivity index (χ1n) is 7.42. The number of likely N-dealkylation sites (tertiary alicyclic amines) is 1. The maximum atomic E-state index is 11.8. The van der Waals surface area contributed by atoms with Crippen LogP contribution in [0, 0.1) is 0 Å². The number of halogens is 1. The summed E-state index contributed by atoms with van der Waals surface area (Å²) in [6, 6.07) is 5.39. The number of alkyl halides is 1. The van der Waals surface area contributed by atoms with Crippen LogP contribution in [0.2, 0.25) is 0 Å². The summed E-state index contributed by atoms with van der Waals surface area (Å²) in [5.74, 6) is 0.691. The Morgan fingerprint density at radius 3 is 2.86 bits per heavy atom. The molecule has 0 aliphatic carbocycles. The number of carbonyl (C=O) groups excluding carboxylic acids is 1. The molecule has 1 aliphatic heterocycles. The molecule has 0 unspecified atom stereocenters. The van der Waals surface area contributed by atoms with Gasteiger partial charge in [0.15, 0.2) is 0 Å². The molecule has 1 aromatic rings. The highest BCUT2D eigenvalue weighted by Crippen LogP contribution is 2.23. The second kappa shape index (κ2) is 7.66. The van der Waals surface area contributed by atoms with Crippen molar-refractivity contribution in [2.75, 3.05) is 26.2 Å². The zero-order valence-corrected chi connectivity index (χ0v) is 13.4. The maximum absolute atomic E-state index is 11.8. The minimum atomic E-state index is -0.335. The van der Waals surface area contributed by atoms with Crippen LogP contribution in [0.15, 0.2) is 18.2 Å². The molecule has 1 atom stereocenters. The van der Waals surface area contributed by atoms with E-state index in [1.807, 2.05) is 12.1 Å². The topological polar surface area (TPSA) is 38.8 Å². The van der Waals surface area contributed by atoms with Crippen molar-refractivity contribution in [2.45, 2.75) is 32.3 Å². The number of nitrogens with zero attached hydrogens (tertiary/aromatic N) is 1. The molecule has 0 amide bonds. The smallest absolute Gasteiger partial charge is 0.338 e. The van der Waals surface area contributed by atoms with E-state index in [0.717, 1.165) is 37.4 Å². The van der Waals surface area contributed by atoms with Gasteiger partial charge in [-0.15, -0.1) is 11.6 Å². The van der Waals surface area contributed by atoms with Gasteiger partial charge < -0.3 is 9.47 Å². The van der Waals surface area contributed by atoms with Crippen LogP contribution in [0.1, 0.15) is 36.2 Å². The summed E-state index contributed by atoms with van der Waals surface area (Å²) in [6.07, 6.45) is 1.24. The largest absolute Gasteiger partial charge is 0.489 e. The molecule has 5 heteroatoms. The van der Waals surface area contributed by atoms with Gasteiger partial charge in [0, 0.05) is 19.0 Å². The molecule has 21 heavy (non-hydrogen) atoms. The standard InChI is InChI=1S/C16H22ClNO3/c1-3-18-8-7-14(11-18)21-13-5-6-15(12(9-13)10-17)16(19)20-4-2/h5-6,9,14H,3-4,7-8,10-11H2,1-2H3/t14-/m1/s1. The van der Waals surface area contributed by atoms with Gasteiger partial charge in [0.25, 0.3) is 0 Å². The highest BCUT2D eigenvalue weighted by molar-refractivity contribution is 6.17. The molecule has 1 aromatic carbocycles. The first-order valence-corrected chi connectivity index (χ1v) is 7.96. The quantitative estimate of drug-likeness (QED) is 0.598. The lowest BCUT2D eigenvalue weighted by atomic mass is 10.1. The van der Waals surface area contributed by atoms with E-state index in [4.69, 9.17) is 21.1 Å². The highest BCUT2D eigenvalue weighted by atomic mass is 35.5. The molecule has 0 aromatic heterocycles. The van der Waals surface area contributed by atoms with E-state index < -0.39 is 0 Å². The monoisotopic (exact) mass is 311 g/mol. The van der Waals surface area contributed by atoms with E-state index in [1.54, 1.807) is 13.0 Å². The zero-order valence-electron chi connectivity index (χ0n) is 12.6. The number of rotatable bonds is 6. The van der Waals surface area contributed by atoms with Crippen molar-refractivity contribution < 1.29 is 14.3 Å². The molecule has 116 valence electrons. The molecule has 1 fully saturated rings. The molecule has 0 bridgehead atoms. The van der Waals surface area contributed by atoms with Gasteiger partial charge in [-0.25, -0.2) is 4.79 Å². The Bertz CT molecular complexity index is 492. The van der Waals surface area contributed by atoms with Crippen molar-refractivity contribution in [2.24, 2.45) is 0 Å². The number of ether oxygens (including phenoxy) is 2. The average molecular weight is 312 g/mol. The minimum absolute atomic E-state index is 0.210. The normalized spacial score (nSPS) is 18.7. The van der Waals surface area contributed by atoms with Crippen molar-refractivity contribution >= 4 is 17.6 Å². The van der Waals surface area contributed by atoms with E-state index in [2.05, 4.69) is 11.8 Å². The summed E-state index contributed by atoms with van der Waals surface area (Å²) >= 11 is 5.94. The van der Waals surface area contributed by atoms with E-state index in [-0.39, 0.29) is 18.0 Å². The third-order valence-electron chi connectivity index (χ3n) is 3.70. The number of likely N-dealkylation sites (N-methyl/N-ethyl adjacent to an activating group) is 1. The van der Waals surface area contributed by atoms with Gasteiger partial charge in [0.2, 0.25) is 0 Å². The first kappa shape index (κ1) is 16.1. The third-order valence-corrected chi connectivity index (χ3v) is 3.98. The van der Waals surface area contributed by atoms with Gasteiger partial charge in [0.05, 0.1) is 12.2 Å². The van der Waals surface area contributed by atoms with Crippen LogP contribution < -0.4 is 4.74 Å². The van der Waals surface area contributed by atoms with Crippen LogP contribution in [-0.2, 0) is 10.6 Å². The number of hydrogen-bond acceptors (Lipinski definition) is 4. The second-order valence-electron chi connectivity index (χ2n) is 5.09. The van der Waals surface area contributed by atoms with Crippen molar-refractivity contribution in [3.63, 3.8) is 0 Å². The first-order chi connectivity index (χ1) is 10.2. The average Bonchev–Trinajstić information content (AvgIpc) is 2.95. The molecule has 1 heterocycles. The predicted octanol–water partition coefficient (Wildman–Crippen LogP) is 3.08. The molecule has 0 radical (unpaired) electrons. The fraction of sp³-hybridized carbons (Fsp3) is 0.562. The van der Waals surface area contributed by atoms with E-state index in [1.165, 1.54) is 0 Å². The lowest BCUT2D eigenvalue weighted by Gasteiger charge is -2.16. The summed E-state index contributed by atoms with van der Waals surface area (Å²) in [5.41, 5.74) is 1.26. The van der Waals surface area contributed by atoms with Gasteiger partial charge in [-0.05, 0) is 43.7 Å². The molecule has 0 saturated carbocycles. The minimum Gasteiger partial charge on any atom is -0.489 e. The second-order valence-corrected chi connectivity index (χ2v) is 5.36. The summed E-state index contributed by atoms with van der Waals surface area (Å²) in [6.45, 7) is 7.37. The zero-order chi connectivity index (χ0) is 15.2. The molecule has 1 saturated heterocycles. The number of hydrogen-bond donors (Lipinski definition) is 0. The van der Waals surface area contributed by atoms with Gasteiger partial charge in [-0.2, -0.15) is 0 Å². The fourth-order valence-corrected chi connectivity index (χ4v) is 2.76. The van der Waals surface area contributed by atoms with Crippen LogP contribution in [0.5, 0.6) is 5.75 Å². The van der Waals surface area contributed by atoms with E-state index in [0.29, 0.717) is 12.2 Å². The van der Waals surface area contributed by atoms with Crippen LogP contribution in [-0.4, -0.2) is 43.2 Å². The molecule has 1 aliphatic rings. The SMILES string of the molecule is CCOC(=O)c1ccc(O[C@@H]2CCN(CC)C2)cc1CCl. The lowest BCUT2D eigenvalue weighted by molar-refractivity contribution is 0.0525. The molecular weight excluding hydrogens is 290 g/mol. The number of esters is 1. The number of carbonyl (C=O) groups is 1. The third kappa shape index (κ3) is 4.11. The highest BCUT2D eigenvalue weighted by Gasteiger charge is 2.23. The molecule has 2 rings (SSSR count). The summed E-state index contributed by atoms with van der Waals surface area (Å²) < 4.78 is 11.0. The predicted molar refractivity (Wildman–Crippen MR) is 83.1 cm³/mol. The summed E-state index contributed by atoms with van der Waals surface area (Å²) in [4.78, 5) is 14.2. The van der Waals surface area contributed by atoms with Crippen molar-refractivity contribution in [1.29, 1.82) is 0 Å². The van der Waals surface area contributed by atoms with Crippen molar-refractivity contribution in [1.82, 2.24) is 4.90 Å². The van der Waals surface area contributed by atoms with E-state index in [9.17, 15) is 4.79 Å². The Kier molecular flexibility index (Phi) is 5.88. The van der Waals surface area contributed by atoms with Crippen molar-refractivity contribution in [3.8, 4) is 5.75 Å². The Labute approximate surface area is 131 Å². The fourth-order valence-electron chi connectivity index (χ4n) is 2.53. The Morgan fingerprint density at radius 1 is 1.43 bits per heavy atom. The van der Waals surface area contributed by atoms with Gasteiger partial charge in [0.1, 0.15) is 11.9 Å². The van der Waals surface area contributed by atoms with Crippen LogP contribution in [0.25, 0.3) is 0 Å². The molecule has 0 N–H and O–H groups in total. The van der Waals surface area contributed by atoms with Crippen LogP contribution in [0.3, 0.4) is 0 Å². The van der Waals surface area contributed by atoms with Gasteiger partial charge in [-0.3, -0.25) is 4.90 Å². The lowest BCUT2D eigenvalue weighted by Crippen LogP contribution is -2.24. The van der Waals surface area contributed by atoms with Crippen molar-refractivity contribution in [3.05, 3.63) is 29.3 Å². The Balaban J connectivity index is 2.06.